The summed E-state index contributed by atoms with van der Waals surface area (Å²) in [7, 11) is 1.56. The number of aryl methyl sites for hydroxylation is 1. The number of fused-ring (bicyclic) bond motifs is 1. The van der Waals surface area contributed by atoms with Crippen molar-refractivity contribution in [2.24, 2.45) is 0 Å². The van der Waals surface area contributed by atoms with Crippen LogP contribution in [0.25, 0.3) is 17.0 Å². The van der Waals surface area contributed by atoms with E-state index in [2.05, 4.69) is 13.8 Å². The zero-order valence-corrected chi connectivity index (χ0v) is 20.4. The molecule has 0 N–H and O–H groups in total. The van der Waals surface area contributed by atoms with Crippen molar-refractivity contribution in [2.75, 3.05) is 33.4 Å². The fraction of sp³-hybridized carbons (Fsp3) is 0.500. The maximum absolute atomic E-state index is 13.2. The summed E-state index contributed by atoms with van der Waals surface area (Å²) in [5.41, 5.74) is 1.91. The maximum atomic E-state index is 13.2. The van der Waals surface area contributed by atoms with Crippen LogP contribution in [-0.4, -0.2) is 65.8 Å². The molecule has 1 aliphatic heterocycles. The second-order valence-corrected chi connectivity index (χ2v) is 8.38. The van der Waals surface area contributed by atoms with E-state index in [0.29, 0.717) is 26.2 Å². The van der Waals surface area contributed by atoms with Gasteiger partial charge >= 0.3 is 5.97 Å². The first-order valence-corrected chi connectivity index (χ1v) is 12.1. The van der Waals surface area contributed by atoms with Crippen LogP contribution in [0.5, 0.6) is 0 Å². The molecule has 0 spiro atoms. The van der Waals surface area contributed by atoms with E-state index in [1.807, 2.05) is 35.0 Å². The third-order valence-electron chi connectivity index (χ3n) is 5.89. The Morgan fingerprint density at radius 2 is 1.59 bits per heavy atom. The van der Waals surface area contributed by atoms with Crippen LogP contribution >= 0.6 is 0 Å². The van der Waals surface area contributed by atoms with Gasteiger partial charge < -0.3 is 14.0 Å². The fourth-order valence-corrected chi connectivity index (χ4v) is 4.03. The normalized spacial score (nSPS) is 13.9. The van der Waals surface area contributed by atoms with E-state index in [-0.39, 0.29) is 36.4 Å². The van der Waals surface area contributed by atoms with Crippen LogP contribution in [-0.2, 0) is 30.4 Å². The minimum atomic E-state index is -0.297. The van der Waals surface area contributed by atoms with Crippen molar-refractivity contribution >= 4 is 34.8 Å². The highest BCUT2D eigenvalue weighted by atomic mass is 16.6. The molecule has 1 aromatic carbocycles. The Morgan fingerprint density at radius 1 is 0.941 bits per heavy atom. The number of carbonyl (C=O) groups is 3. The van der Waals surface area contributed by atoms with Crippen LogP contribution in [0.4, 0.5) is 0 Å². The molecular weight excluding hydrogens is 434 g/mol. The smallest absolute Gasteiger partial charge is 0.307 e. The molecule has 8 nitrogen and oxygen atoms in total. The summed E-state index contributed by atoms with van der Waals surface area (Å²) in [4.78, 5) is 38.4. The molecule has 0 aliphatic carbocycles. The number of unbranched alkanes of at least 4 members (excludes halogenated alkanes) is 2. The molecule has 0 unspecified atom stereocenters. The predicted molar refractivity (Wildman–Crippen MR) is 131 cm³/mol. The van der Waals surface area contributed by atoms with Crippen molar-refractivity contribution in [1.29, 1.82) is 0 Å². The molecule has 0 bridgehead atoms. The summed E-state index contributed by atoms with van der Waals surface area (Å²) in [5.74, 6) is -0.782. The Morgan fingerprint density at radius 3 is 2.21 bits per heavy atom. The summed E-state index contributed by atoms with van der Waals surface area (Å²) in [6.45, 7) is 6.23. The highest BCUT2D eigenvalue weighted by molar-refractivity contribution is 6.25. The number of aromatic nitrogens is 1. The number of carbonyl (C=O) groups excluding carboxylic acids is 3. The molecule has 2 heterocycles. The van der Waals surface area contributed by atoms with Crippen molar-refractivity contribution in [3.63, 3.8) is 0 Å². The van der Waals surface area contributed by atoms with Gasteiger partial charge in [0.2, 0.25) is 0 Å². The topological polar surface area (TPSA) is 81.1 Å². The van der Waals surface area contributed by atoms with Gasteiger partial charge in [-0.2, -0.15) is 0 Å². The van der Waals surface area contributed by atoms with E-state index >= 15 is 0 Å². The first-order chi connectivity index (χ1) is 16.5. The zero-order valence-electron chi connectivity index (χ0n) is 20.4. The molecule has 0 atom stereocenters. The number of amides is 2. The third-order valence-corrected chi connectivity index (χ3v) is 5.89. The number of benzene rings is 1. The number of nitrogens with zero attached hydrogens (tertiary/aromatic N) is 3. The standard InChI is InChI=1S/C26H35N3O5/c1-4-6-13-28-25(31)22(26(32)29(28)14-7-5-2)18-20-19-27(23-11-9-8-10-21(20)23)15-12-24(30)34-17-16-33-3/h8-11,18-19H,4-7,12-17H2,1-3H3. The lowest BCUT2D eigenvalue weighted by Gasteiger charge is -2.27. The quantitative estimate of drug-likeness (QED) is 0.193. The van der Waals surface area contributed by atoms with Crippen LogP contribution < -0.4 is 0 Å². The molecule has 3 rings (SSSR count). The van der Waals surface area contributed by atoms with Crippen molar-refractivity contribution in [3.8, 4) is 0 Å². The van der Waals surface area contributed by atoms with E-state index < -0.39 is 0 Å². The minimum absolute atomic E-state index is 0.189. The van der Waals surface area contributed by atoms with Crippen LogP contribution in [0, 0.1) is 0 Å². The first kappa shape index (κ1) is 25.5. The van der Waals surface area contributed by atoms with Crippen molar-refractivity contribution in [1.82, 2.24) is 14.6 Å². The van der Waals surface area contributed by atoms with E-state index in [4.69, 9.17) is 9.47 Å². The van der Waals surface area contributed by atoms with Crippen molar-refractivity contribution in [2.45, 2.75) is 52.5 Å². The molecule has 1 aromatic heterocycles. The number of esters is 1. The molecule has 34 heavy (non-hydrogen) atoms. The highest BCUT2D eigenvalue weighted by Gasteiger charge is 2.40. The summed E-state index contributed by atoms with van der Waals surface area (Å²) in [5, 5.41) is 4.13. The Labute approximate surface area is 201 Å². The molecule has 1 aliphatic rings. The number of hydrazine groups is 1. The van der Waals surface area contributed by atoms with Crippen LogP contribution in [0.15, 0.2) is 36.0 Å². The summed E-state index contributed by atoms with van der Waals surface area (Å²) in [6.07, 6.45) is 7.38. The number of hydrogen-bond acceptors (Lipinski definition) is 5. The van der Waals surface area contributed by atoms with Crippen molar-refractivity contribution in [3.05, 3.63) is 41.6 Å². The monoisotopic (exact) mass is 469 g/mol. The largest absolute Gasteiger partial charge is 0.463 e. The molecule has 184 valence electrons. The third kappa shape index (κ3) is 5.86. The summed E-state index contributed by atoms with van der Waals surface area (Å²) >= 11 is 0. The van der Waals surface area contributed by atoms with Crippen molar-refractivity contribution < 1.29 is 23.9 Å². The molecule has 2 amide bonds. The lowest BCUT2D eigenvalue weighted by Crippen LogP contribution is -2.42. The zero-order chi connectivity index (χ0) is 24.5. The Bertz CT molecular complexity index is 1010. The average molecular weight is 470 g/mol. The average Bonchev–Trinajstić information content (AvgIpc) is 3.30. The van der Waals surface area contributed by atoms with Gasteiger partial charge in [-0.25, -0.2) is 10.0 Å². The number of methoxy groups -OCH3 is 1. The Hall–Kier alpha value is -3.13. The maximum Gasteiger partial charge on any atom is 0.307 e. The number of para-hydroxylation sites is 1. The van der Waals surface area contributed by atoms with Gasteiger partial charge in [-0.1, -0.05) is 44.9 Å². The van der Waals surface area contributed by atoms with Gasteiger partial charge in [-0.15, -0.1) is 0 Å². The lowest BCUT2D eigenvalue weighted by atomic mass is 10.1. The fourth-order valence-electron chi connectivity index (χ4n) is 4.03. The first-order valence-electron chi connectivity index (χ1n) is 12.1. The van der Waals surface area contributed by atoms with Gasteiger partial charge in [0.25, 0.3) is 11.8 Å². The predicted octanol–water partition coefficient (Wildman–Crippen LogP) is 3.79. The van der Waals surface area contributed by atoms with Crippen LogP contribution in [0.1, 0.15) is 51.5 Å². The second kappa shape index (κ2) is 12.4. The lowest BCUT2D eigenvalue weighted by molar-refractivity contribution is -0.147. The van der Waals surface area contributed by atoms with Crippen LogP contribution in [0.2, 0.25) is 0 Å². The van der Waals surface area contributed by atoms with Gasteiger partial charge in [0, 0.05) is 49.4 Å². The number of ether oxygens (including phenoxy) is 2. The van der Waals surface area contributed by atoms with Crippen LogP contribution in [0.3, 0.4) is 0 Å². The number of rotatable bonds is 13. The molecule has 1 saturated heterocycles. The molecule has 8 heteroatoms. The Balaban J connectivity index is 1.86. The van der Waals surface area contributed by atoms with Gasteiger partial charge in [0.15, 0.2) is 0 Å². The molecule has 0 radical (unpaired) electrons. The summed E-state index contributed by atoms with van der Waals surface area (Å²) in [6, 6.07) is 7.78. The van der Waals surface area contributed by atoms with Gasteiger partial charge in [-0.3, -0.25) is 14.4 Å². The molecule has 1 fully saturated rings. The van der Waals surface area contributed by atoms with E-state index in [0.717, 1.165) is 42.1 Å². The minimum Gasteiger partial charge on any atom is -0.463 e. The molecule has 0 saturated carbocycles. The second-order valence-electron chi connectivity index (χ2n) is 8.38. The Kier molecular flexibility index (Phi) is 9.27. The molecule has 2 aromatic rings. The van der Waals surface area contributed by atoms with E-state index in [1.54, 1.807) is 23.2 Å². The van der Waals surface area contributed by atoms with Gasteiger partial charge in [0.1, 0.15) is 12.2 Å². The van der Waals surface area contributed by atoms with E-state index in [1.165, 1.54) is 0 Å². The highest BCUT2D eigenvalue weighted by Crippen LogP contribution is 2.28. The van der Waals surface area contributed by atoms with E-state index in [9.17, 15) is 14.4 Å². The summed E-state index contributed by atoms with van der Waals surface area (Å²) < 4.78 is 12.0. The number of hydrogen-bond donors (Lipinski definition) is 0. The van der Waals surface area contributed by atoms with Gasteiger partial charge in [-0.05, 0) is 25.0 Å². The van der Waals surface area contributed by atoms with Gasteiger partial charge in [0.05, 0.1) is 13.0 Å². The molecular formula is C26H35N3O5. The SMILES string of the molecule is CCCCN1C(=O)C(=Cc2cn(CCC(=O)OCCOC)c3ccccc23)C(=O)N1CCCC.